The van der Waals surface area contributed by atoms with Gasteiger partial charge >= 0.3 is 0 Å². The first kappa shape index (κ1) is 10.9. The molecule has 0 aromatic carbocycles. The van der Waals surface area contributed by atoms with Gasteiger partial charge in [0.25, 0.3) is 0 Å². The number of hydrogen-bond donors (Lipinski definition) is 4. The Labute approximate surface area is 78.6 Å². The Bertz CT molecular complexity index is 152. The fraction of sp³-hybridized carbons (Fsp3) is 1.00. The highest BCUT2D eigenvalue weighted by Crippen LogP contribution is 2.14. The van der Waals surface area contributed by atoms with Gasteiger partial charge in [-0.3, -0.25) is 0 Å². The molecule has 78 valence electrons. The molecule has 13 heavy (non-hydrogen) atoms. The first-order valence-electron chi connectivity index (χ1n) is 4.94. The van der Waals surface area contributed by atoms with Gasteiger partial charge in [0.2, 0.25) is 0 Å². The second kappa shape index (κ2) is 4.91. The molecule has 1 aliphatic heterocycles. The van der Waals surface area contributed by atoms with Crippen molar-refractivity contribution in [1.29, 1.82) is 0 Å². The quantitative estimate of drug-likeness (QED) is 0.470. The predicted molar refractivity (Wildman–Crippen MR) is 49.3 cm³/mol. The molecule has 0 bridgehead atoms. The van der Waals surface area contributed by atoms with Crippen molar-refractivity contribution in [1.82, 2.24) is 5.32 Å². The fourth-order valence-electron chi connectivity index (χ4n) is 1.68. The Morgan fingerprint density at radius 3 is 2.54 bits per heavy atom. The number of unbranched alkanes of at least 4 members (excludes halogenated alkanes) is 1. The Hall–Kier alpha value is -0.160. The summed E-state index contributed by atoms with van der Waals surface area (Å²) in [6, 6.07) is -0.0710. The smallest absolute Gasteiger partial charge is 0.108 e. The topological polar surface area (TPSA) is 72.7 Å². The molecular formula is C9H19NO3. The van der Waals surface area contributed by atoms with E-state index in [4.69, 9.17) is 0 Å². The van der Waals surface area contributed by atoms with Crippen LogP contribution in [-0.2, 0) is 0 Å². The van der Waals surface area contributed by atoms with Gasteiger partial charge in [-0.2, -0.15) is 0 Å². The Morgan fingerprint density at radius 1 is 1.23 bits per heavy atom. The summed E-state index contributed by atoms with van der Waals surface area (Å²) in [5, 5.41) is 31.2. The van der Waals surface area contributed by atoms with Crippen LogP contribution in [0.3, 0.4) is 0 Å². The van der Waals surface area contributed by atoms with E-state index in [1.807, 2.05) is 0 Å². The number of piperidine rings is 1. The van der Waals surface area contributed by atoms with Gasteiger partial charge in [0.15, 0.2) is 0 Å². The summed E-state index contributed by atoms with van der Waals surface area (Å²) < 4.78 is 0. The highest BCUT2D eigenvalue weighted by molar-refractivity contribution is 4.91. The van der Waals surface area contributed by atoms with Crippen molar-refractivity contribution in [2.45, 2.75) is 50.5 Å². The molecule has 0 saturated carbocycles. The molecule has 1 heterocycles. The third-order valence-corrected chi connectivity index (χ3v) is 2.61. The maximum Gasteiger partial charge on any atom is 0.108 e. The summed E-state index contributed by atoms with van der Waals surface area (Å²) in [6.45, 7) is 2.45. The van der Waals surface area contributed by atoms with E-state index in [1.54, 1.807) is 0 Å². The van der Waals surface area contributed by atoms with E-state index in [0.717, 1.165) is 19.3 Å². The number of aliphatic hydroxyl groups excluding tert-OH is 3. The van der Waals surface area contributed by atoms with E-state index in [2.05, 4.69) is 12.2 Å². The van der Waals surface area contributed by atoms with Gasteiger partial charge in [0.1, 0.15) is 6.10 Å². The molecule has 0 aromatic rings. The molecule has 1 fully saturated rings. The van der Waals surface area contributed by atoms with Gasteiger partial charge in [-0.05, 0) is 6.42 Å². The average Bonchev–Trinajstić information content (AvgIpc) is 2.13. The minimum Gasteiger partial charge on any atom is -0.389 e. The molecule has 0 aliphatic carbocycles. The minimum absolute atomic E-state index is 0.0710. The first-order chi connectivity index (χ1) is 6.16. The second-order valence-electron chi connectivity index (χ2n) is 3.71. The van der Waals surface area contributed by atoms with E-state index in [1.165, 1.54) is 0 Å². The molecule has 0 amide bonds. The molecule has 4 nitrogen and oxygen atoms in total. The maximum absolute atomic E-state index is 9.56. The standard InChI is InChI=1S/C9H19NO3/c1-2-3-4-6-8(12)9(13)7(11)5-10-6/h6-13H,2-5H2,1H3/t6-,7-,8-,9+/m0/s1. The van der Waals surface area contributed by atoms with Crippen LogP contribution in [0.2, 0.25) is 0 Å². The number of rotatable bonds is 3. The van der Waals surface area contributed by atoms with E-state index < -0.39 is 18.3 Å². The van der Waals surface area contributed by atoms with E-state index in [0.29, 0.717) is 6.54 Å². The normalized spacial score (nSPS) is 40.6. The zero-order valence-corrected chi connectivity index (χ0v) is 7.98. The molecule has 0 aromatic heterocycles. The molecule has 4 N–H and O–H groups in total. The Balaban J connectivity index is 2.39. The second-order valence-corrected chi connectivity index (χ2v) is 3.71. The van der Waals surface area contributed by atoms with E-state index >= 15 is 0 Å². The van der Waals surface area contributed by atoms with E-state index in [-0.39, 0.29) is 6.04 Å². The average molecular weight is 189 g/mol. The summed E-state index contributed by atoms with van der Waals surface area (Å²) in [5.41, 5.74) is 0. The lowest BCUT2D eigenvalue weighted by Gasteiger charge is -2.36. The SMILES string of the molecule is CCCC[C@@H]1NC[C@H](O)[C@@H](O)[C@H]1O. The lowest BCUT2D eigenvalue weighted by molar-refractivity contribution is -0.0952. The van der Waals surface area contributed by atoms with Crippen LogP contribution in [-0.4, -0.2) is 46.2 Å². The minimum atomic E-state index is -0.997. The van der Waals surface area contributed by atoms with Crippen LogP contribution in [0.1, 0.15) is 26.2 Å². The number of β-amino-alcohol motifs (C(OH)–C–C–N with tert-alkyl or cyclic N) is 1. The molecule has 0 spiro atoms. The molecule has 4 atom stereocenters. The van der Waals surface area contributed by atoms with Crippen LogP contribution in [0.15, 0.2) is 0 Å². The summed E-state index contributed by atoms with van der Waals surface area (Å²) in [7, 11) is 0. The molecule has 0 radical (unpaired) electrons. The van der Waals surface area contributed by atoms with Gasteiger partial charge in [0.05, 0.1) is 12.2 Å². The number of aliphatic hydroxyl groups is 3. The van der Waals surface area contributed by atoms with Gasteiger partial charge in [-0.25, -0.2) is 0 Å². The van der Waals surface area contributed by atoms with Crippen molar-refractivity contribution in [2.24, 2.45) is 0 Å². The van der Waals surface area contributed by atoms with Crippen molar-refractivity contribution >= 4 is 0 Å². The van der Waals surface area contributed by atoms with Gasteiger partial charge < -0.3 is 20.6 Å². The Kier molecular flexibility index (Phi) is 4.12. The third-order valence-electron chi connectivity index (χ3n) is 2.61. The number of nitrogens with one attached hydrogen (secondary N) is 1. The molecule has 1 aliphatic rings. The highest BCUT2D eigenvalue weighted by Gasteiger charge is 2.35. The number of hydrogen-bond acceptors (Lipinski definition) is 4. The first-order valence-corrected chi connectivity index (χ1v) is 4.94. The Morgan fingerprint density at radius 2 is 1.92 bits per heavy atom. The monoisotopic (exact) mass is 189 g/mol. The van der Waals surface area contributed by atoms with E-state index in [9.17, 15) is 15.3 Å². The zero-order valence-electron chi connectivity index (χ0n) is 7.98. The summed E-state index contributed by atoms with van der Waals surface area (Å²) in [5.74, 6) is 0. The summed E-state index contributed by atoms with van der Waals surface area (Å²) >= 11 is 0. The van der Waals surface area contributed by atoms with Gasteiger partial charge in [0, 0.05) is 12.6 Å². The zero-order chi connectivity index (χ0) is 9.84. The largest absolute Gasteiger partial charge is 0.389 e. The molecule has 4 heteroatoms. The van der Waals surface area contributed by atoms with Gasteiger partial charge in [-0.15, -0.1) is 0 Å². The predicted octanol–water partition coefficient (Wildman–Crippen LogP) is -0.769. The van der Waals surface area contributed by atoms with Crippen molar-refractivity contribution in [3.8, 4) is 0 Å². The molecule has 0 unspecified atom stereocenters. The lowest BCUT2D eigenvalue weighted by atomic mass is 9.93. The van der Waals surface area contributed by atoms with Crippen LogP contribution in [0.4, 0.5) is 0 Å². The third kappa shape index (κ3) is 2.64. The van der Waals surface area contributed by atoms with Crippen LogP contribution < -0.4 is 5.32 Å². The summed E-state index contributed by atoms with van der Waals surface area (Å²) in [4.78, 5) is 0. The maximum atomic E-state index is 9.56. The lowest BCUT2D eigenvalue weighted by Crippen LogP contribution is -2.59. The van der Waals surface area contributed by atoms with Crippen LogP contribution in [0, 0.1) is 0 Å². The van der Waals surface area contributed by atoms with Crippen LogP contribution in [0.25, 0.3) is 0 Å². The van der Waals surface area contributed by atoms with Gasteiger partial charge in [-0.1, -0.05) is 19.8 Å². The molecule has 1 saturated heterocycles. The van der Waals surface area contributed by atoms with Crippen molar-refractivity contribution in [3.63, 3.8) is 0 Å². The molecular weight excluding hydrogens is 170 g/mol. The van der Waals surface area contributed by atoms with Crippen molar-refractivity contribution in [3.05, 3.63) is 0 Å². The van der Waals surface area contributed by atoms with Crippen LogP contribution in [0.5, 0.6) is 0 Å². The summed E-state index contributed by atoms with van der Waals surface area (Å²) in [6.07, 6.45) is 0.272. The van der Waals surface area contributed by atoms with Crippen molar-refractivity contribution in [2.75, 3.05) is 6.54 Å². The van der Waals surface area contributed by atoms with Crippen molar-refractivity contribution < 1.29 is 15.3 Å². The highest BCUT2D eigenvalue weighted by atomic mass is 16.4. The van der Waals surface area contributed by atoms with Crippen LogP contribution >= 0.6 is 0 Å². The molecule has 1 rings (SSSR count). The fourth-order valence-corrected chi connectivity index (χ4v) is 1.68.